The van der Waals surface area contributed by atoms with Crippen LogP contribution in [-0.2, 0) is 11.3 Å². The topological polar surface area (TPSA) is 38.5 Å². The van der Waals surface area contributed by atoms with Gasteiger partial charge < -0.3 is 10.5 Å². The average Bonchev–Trinajstić information content (AvgIpc) is 2.35. The number of hydrogen-bond donors (Lipinski definition) is 1. The SMILES string of the molecule is CN(Cc1cc(N)ccc1Cl)CC1CCCCO1. The van der Waals surface area contributed by atoms with E-state index in [2.05, 4.69) is 11.9 Å². The maximum atomic E-state index is 6.17. The van der Waals surface area contributed by atoms with Gasteiger partial charge in [-0.2, -0.15) is 0 Å². The van der Waals surface area contributed by atoms with Crippen LogP contribution in [0.4, 0.5) is 5.69 Å². The average molecular weight is 269 g/mol. The molecule has 2 N–H and O–H groups in total. The lowest BCUT2D eigenvalue weighted by Gasteiger charge is -2.27. The third-order valence-electron chi connectivity index (χ3n) is 3.30. The number of benzene rings is 1. The summed E-state index contributed by atoms with van der Waals surface area (Å²) in [5.41, 5.74) is 7.63. The minimum atomic E-state index is 0.364. The van der Waals surface area contributed by atoms with E-state index < -0.39 is 0 Å². The molecule has 3 nitrogen and oxygen atoms in total. The number of nitrogens with zero attached hydrogens (tertiary/aromatic N) is 1. The zero-order valence-electron chi connectivity index (χ0n) is 10.9. The molecule has 1 aromatic rings. The van der Waals surface area contributed by atoms with E-state index in [1.54, 1.807) is 0 Å². The van der Waals surface area contributed by atoms with Crippen molar-refractivity contribution < 1.29 is 4.74 Å². The van der Waals surface area contributed by atoms with E-state index in [1.165, 1.54) is 12.8 Å². The van der Waals surface area contributed by atoms with Crippen molar-refractivity contribution in [2.24, 2.45) is 0 Å². The van der Waals surface area contributed by atoms with Gasteiger partial charge in [0.1, 0.15) is 0 Å². The summed E-state index contributed by atoms with van der Waals surface area (Å²) in [7, 11) is 2.09. The van der Waals surface area contributed by atoms with Crippen molar-refractivity contribution in [2.75, 3.05) is 25.9 Å². The van der Waals surface area contributed by atoms with Gasteiger partial charge in [-0.15, -0.1) is 0 Å². The van der Waals surface area contributed by atoms with Gasteiger partial charge >= 0.3 is 0 Å². The molecule has 100 valence electrons. The molecule has 0 radical (unpaired) electrons. The van der Waals surface area contributed by atoms with Crippen molar-refractivity contribution in [1.82, 2.24) is 4.90 Å². The van der Waals surface area contributed by atoms with Gasteiger partial charge in [-0.05, 0) is 50.1 Å². The van der Waals surface area contributed by atoms with Gasteiger partial charge in [0.25, 0.3) is 0 Å². The highest BCUT2D eigenvalue weighted by atomic mass is 35.5. The Labute approximate surface area is 114 Å². The molecule has 1 unspecified atom stereocenters. The molecule has 18 heavy (non-hydrogen) atoms. The number of rotatable bonds is 4. The fourth-order valence-corrected chi connectivity index (χ4v) is 2.55. The van der Waals surface area contributed by atoms with E-state index >= 15 is 0 Å². The van der Waals surface area contributed by atoms with E-state index in [9.17, 15) is 0 Å². The normalized spacial score (nSPS) is 20.3. The van der Waals surface area contributed by atoms with E-state index in [1.807, 2.05) is 18.2 Å². The summed E-state index contributed by atoms with van der Waals surface area (Å²) in [5.74, 6) is 0. The van der Waals surface area contributed by atoms with Gasteiger partial charge in [0.15, 0.2) is 0 Å². The summed E-state index contributed by atoms with van der Waals surface area (Å²) in [6.45, 7) is 2.66. The lowest BCUT2D eigenvalue weighted by atomic mass is 10.1. The smallest absolute Gasteiger partial charge is 0.0702 e. The molecule has 4 heteroatoms. The Kier molecular flexibility index (Phi) is 4.87. The molecular weight excluding hydrogens is 248 g/mol. The van der Waals surface area contributed by atoms with Gasteiger partial charge in [-0.1, -0.05) is 11.6 Å². The summed E-state index contributed by atoms with van der Waals surface area (Å²) in [6, 6.07) is 5.63. The van der Waals surface area contributed by atoms with Crippen molar-refractivity contribution >= 4 is 17.3 Å². The fourth-order valence-electron chi connectivity index (χ4n) is 2.37. The summed E-state index contributed by atoms with van der Waals surface area (Å²) < 4.78 is 5.74. The largest absolute Gasteiger partial charge is 0.399 e. The third-order valence-corrected chi connectivity index (χ3v) is 3.67. The second kappa shape index (κ2) is 6.41. The highest BCUT2D eigenvalue weighted by molar-refractivity contribution is 6.31. The standard InChI is InChI=1S/C14H21ClN2O/c1-17(10-13-4-2-3-7-18-13)9-11-8-12(16)5-6-14(11)15/h5-6,8,13H,2-4,7,9-10,16H2,1H3. The van der Waals surface area contributed by atoms with Crippen LogP contribution in [0.15, 0.2) is 18.2 Å². The van der Waals surface area contributed by atoms with Crippen LogP contribution in [0.3, 0.4) is 0 Å². The number of anilines is 1. The quantitative estimate of drug-likeness (QED) is 0.854. The summed E-state index contributed by atoms with van der Waals surface area (Å²) in [6.07, 6.45) is 4.00. The van der Waals surface area contributed by atoms with Crippen LogP contribution < -0.4 is 5.73 Å². The Morgan fingerprint density at radius 2 is 2.28 bits per heavy atom. The predicted molar refractivity (Wildman–Crippen MR) is 75.8 cm³/mol. The highest BCUT2D eigenvalue weighted by Gasteiger charge is 2.16. The van der Waals surface area contributed by atoms with Gasteiger partial charge in [0, 0.05) is 30.4 Å². The van der Waals surface area contributed by atoms with Crippen LogP contribution in [0.5, 0.6) is 0 Å². The van der Waals surface area contributed by atoms with Crippen LogP contribution >= 0.6 is 11.6 Å². The minimum absolute atomic E-state index is 0.364. The maximum Gasteiger partial charge on any atom is 0.0702 e. The molecule has 1 fully saturated rings. The molecule has 0 aromatic heterocycles. The van der Waals surface area contributed by atoms with E-state index in [4.69, 9.17) is 22.1 Å². The Morgan fingerprint density at radius 3 is 3.00 bits per heavy atom. The molecule has 0 aliphatic carbocycles. The van der Waals surface area contributed by atoms with E-state index in [-0.39, 0.29) is 0 Å². The summed E-state index contributed by atoms with van der Waals surface area (Å²) in [4.78, 5) is 2.25. The number of likely N-dealkylation sites (N-methyl/N-ethyl adjacent to an activating group) is 1. The molecule has 1 aromatic carbocycles. The molecule has 1 saturated heterocycles. The van der Waals surface area contributed by atoms with E-state index in [0.29, 0.717) is 6.10 Å². The Morgan fingerprint density at radius 1 is 1.44 bits per heavy atom. The zero-order valence-corrected chi connectivity index (χ0v) is 11.6. The van der Waals surface area contributed by atoms with Crippen molar-refractivity contribution in [3.05, 3.63) is 28.8 Å². The fraction of sp³-hybridized carbons (Fsp3) is 0.571. The molecule has 0 spiro atoms. The third kappa shape index (κ3) is 3.87. The lowest BCUT2D eigenvalue weighted by Crippen LogP contribution is -2.33. The molecule has 2 rings (SSSR count). The molecule has 1 aliphatic rings. The number of ether oxygens (including phenoxy) is 1. The maximum absolute atomic E-state index is 6.17. The summed E-state index contributed by atoms with van der Waals surface area (Å²) in [5, 5.41) is 0.778. The zero-order chi connectivity index (χ0) is 13.0. The number of nitrogen functional groups attached to an aromatic ring is 1. The molecule has 0 bridgehead atoms. The van der Waals surface area contributed by atoms with Crippen molar-refractivity contribution in [2.45, 2.75) is 31.9 Å². The van der Waals surface area contributed by atoms with Crippen LogP contribution in [0.2, 0.25) is 5.02 Å². The van der Waals surface area contributed by atoms with Crippen molar-refractivity contribution in [3.8, 4) is 0 Å². The molecule has 0 amide bonds. The number of nitrogens with two attached hydrogens (primary N) is 1. The van der Waals surface area contributed by atoms with Crippen molar-refractivity contribution in [1.29, 1.82) is 0 Å². The number of hydrogen-bond acceptors (Lipinski definition) is 3. The first-order valence-corrected chi connectivity index (χ1v) is 6.87. The highest BCUT2D eigenvalue weighted by Crippen LogP contribution is 2.21. The Balaban J connectivity index is 1.89. The minimum Gasteiger partial charge on any atom is -0.399 e. The monoisotopic (exact) mass is 268 g/mol. The second-order valence-corrected chi connectivity index (χ2v) is 5.44. The van der Waals surface area contributed by atoms with Crippen LogP contribution in [0.1, 0.15) is 24.8 Å². The van der Waals surface area contributed by atoms with Crippen molar-refractivity contribution in [3.63, 3.8) is 0 Å². The molecule has 1 atom stereocenters. The van der Waals surface area contributed by atoms with Gasteiger partial charge in [0.2, 0.25) is 0 Å². The molecular formula is C14H21ClN2O. The van der Waals surface area contributed by atoms with E-state index in [0.717, 1.165) is 42.4 Å². The van der Waals surface area contributed by atoms with Crippen LogP contribution in [0.25, 0.3) is 0 Å². The van der Waals surface area contributed by atoms with Gasteiger partial charge in [-0.3, -0.25) is 4.90 Å². The first-order chi connectivity index (χ1) is 8.65. The van der Waals surface area contributed by atoms with Crippen LogP contribution in [-0.4, -0.2) is 31.2 Å². The molecule has 1 aliphatic heterocycles. The van der Waals surface area contributed by atoms with Gasteiger partial charge in [0.05, 0.1) is 6.10 Å². The lowest BCUT2D eigenvalue weighted by molar-refractivity contribution is -0.00258. The first-order valence-electron chi connectivity index (χ1n) is 6.49. The Bertz CT molecular complexity index is 391. The predicted octanol–water partition coefficient (Wildman–Crippen LogP) is 2.92. The van der Waals surface area contributed by atoms with Crippen LogP contribution in [0, 0.1) is 0 Å². The molecule has 0 saturated carbocycles. The Hall–Kier alpha value is -0.770. The number of halogens is 1. The second-order valence-electron chi connectivity index (χ2n) is 5.04. The first kappa shape index (κ1) is 13.7. The van der Waals surface area contributed by atoms with Gasteiger partial charge in [-0.25, -0.2) is 0 Å². The molecule has 1 heterocycles. The summed E-state index contributed by atoms with van der Waals surface area (Å²) >= 11 is 6.17.